The van der Waals surface area contributed by atoms with E-state index in [1.165, 1.54) is 0 Å². The number of halogens is 2. The Balaban J connectivity index is 0.000000260. The molecule has 0 saturated heterocycles. The number of fused-ring (bicyclic) bond motifs is 1. The smallest absolute Gasteiger partial charge is 0.228 e. The van der Waals surface area contributed by atoms with E-state index in [9.17, 15) is 4.79 Å². The van der Waals surface area contributed by atoms with Crippen molar-refractivity contribution in [1.82, 2.24) is 4.90 Å². The van der Waals surface area contributed by atoms with Gasteiger partial charge in [0, 0.05) is 28.8 Å². The van der Waals surface area contributed by atoms with Gasteiger partial charge in [-0.15, -0.1) is 0 Å². The minimum absolute atomic E-state index is 0.0336. The molecule has 0 bridgehead atoms. The molecule has 26 heavy (non-hydrogen) atoms. The molecule has 6 heteroatoms. The number of anilines is 1. The Hall–Kier alpha value is -1.59. The average molecular weight is 394 g/mol. The Morgan fingerprint density at radius 3 is 2.23 bits per heavy atom. The van der Waals surface area contributed by atoms with Crippen molar-refractivity contribution < 1.29 is 4.79 Å². The fourth-order valence-electron chi connectivity index (χ4n) is 2.84. The number of nitrogens with zero attached hydrogens (tertiary/aromatic N) is 1. The Labute approximate surface area is 165 Å². The van der Waals surface area contributed by atoms with Crippen LogP contribution in [0.3, 0.4) is 0 Å². The topological polar surface area (TPSA) is 58.4 Å². The van der Waals surface area contributed by atoms with Crippen LogP contribution in [0.25, 0.3) is 11.1 Å². The molecule has 0 fully saturated rings. The molecule has 2 aromatic carbocycles. The molecule has 0 saturated carbocycles. The first kappa shape index (κ1) is 20.7. The summed E-state index contributed by atoms with van der Waals surface area (Å²) in [4.78, 5) is 13.6. The van der Waals surface area contributed by atoms with Crippen LogP contribution in [0.5, 0.6) is 0 Å². The van der Waals surface area contributed by atoms with Crippen molar-refractivity contribution in [3.8, 4) is 11.1 Å². The van der Waals surface area contributed by atoms with Crippen LogP contribution in [-0.4, -0.2) is 37.0 Å². The lowest BCUT2D eigenvalue weighted by molar-refractivity contribution is -0.115. The predicted octanol–water partition coefficient (Wildman–Crippen LogP) is 4.44. The molecule has 0 radical (unpaired) electrons. The molecule has 0 aromatic heterocycles. The Morgan fingerprint density at radius 1 is 1.04 bits per heavy atom. The number of benzene rings is 2. The summed E-state index contributed by atoms with van der Waals surface area (Å²) in [6.07, 6.45) is 0.450. The SMILES string of the molecule is CCN(CC)CCN.O=C1Cc2ccc(-c3cc(Cl)cc(Cl)c3)cc2N1. The average Bonchev–Trinajstić information content (AvgIpc) is 2.98. The second-order valence-electron chi connectivity index (χ2n) is 6.07. The van der Waals surface area contributed by atoms with Crippen molar-refractivity contribution in [1.29, 1.82) is 0 Å². The van der Waals surface area contributed by atoms with E-state index < -0.39 is 0 Å². The van der Waals surface area contributed by atoms with Crippen LogP contribution in [0.4, 0.5) is 5.69 Å². The summed E-state index contributed by atoms with van der Waals surface area (Å²) >= 11 is 12.0. The van der Waals surface area contributed by atoms with Gasteiger partial charge in [-0.25, -0.2) is 0 Å². The Kier molecular flexibility index (Phi) is 7.91. The summed E-state index contributed by atoms with van der Waals surface area (Å²) in [5.74, 6) is 0.0336. The minimum atomic E-state index is 0.0336. The lowest BCUT2D eigenvalue weighted by atomic mass is 10.0. The number of carbonyl (C=O) groups excluding carboxylic acids is 1. The maximum atomic E-state index is 11.3. The molecule has 0 unspecified atom stereocenters. The third kappa shape index (κ3) is 5.71. The van der Waals surface area contributed by atoms with Crippen LogP contribution in [-0.2, 0) is 11.2 Å². The highest BCUT2D eigenvalue weighted by Gasteiger charge is 2.17. The van der Waals surface area contributed by atoms with Crippen molar-refractivity contribution in [2.75, 3.05) is 31.5 Å². The van der Waals surface area contributed by atoms with Gasteiger partial charge >= 0.3 is 0 Å². The van der Waals surface area contributed by atoms with Crippen molar-refractivity contribution in [3.05, 3.63) is 52.0 Å². The highest BCUT2D eigenvalue weighted by molar-refractivity contribution is 6.35. The zero-order valence-electron chi connectivity index (χ0n) is 15.2. The van der Waals surface area contributed by atoms with Crippen LogP contribution < -0.4 is 11.1 Å². The van der Waals surface area contributed by atoms with Gasteiger partial charge < -0.3 is 16.0 Å². The van der Waals surface area contributed by atoms with Gasteiger partial charge in [0.15, 0.2) is 0 Å². The first-order valence-electron chi connectivity index (χ1n) is 8.78. The van der Waals surface area contributed by atoms with Crippen LogP contribution in [0.1, 0.15) is 19.4 Å². The molecule has 0 spiro atoms. The summed E-state index contributed by atoms with van der Waals surface area (Å²) in [5, 5.41) is 4.03. The predicted molar refractivity (Wildman–Crippen MR) is 111 cm³/mol. The zero-order valence-corrected chi connectivity index (χ0v) is 16.7. The summed E-state index contributed by atoms with van der Waals surface area (Å²) < 4.78 is 0. The second-order valence-corrected chi connectivity index (χ2v) is 6.94. The molecule has 4 nitrogen and oxygen atoms in total. The van der Waals surface area contributed by atoms with Crippen LogP contribution in [0.15, 0.2) is 36.4 Å². The van der Waals surface area contributed by atoms with Crippen molar-refractivity contribution in [2.45, 2.75) is 20.3 Å². The van der Waals surface area contributed by atoms with Crippen molar-refractivity contribution in [3.63, 3.8) is 0 Å². The lowest BCUT2D eigenvalue weighted by Crippen LogP contribution is -2.28. The number of nitrogens with one attached hydrogen (secondary N) is 1. The molecule has 1 aliphatic rings. The molecule has 0 aliphatic carbocycles. The van der Waals surface area contributed by atoms with Gasteiger partial charge in [0.1, 0.15) is 0 Å². The van der Waals surface area contributed by atoms with Crippen molar-refractivity contribution >= 4 is 34.8 Å². The van der Waals surface area contributed by atoms with Gasteiger partial charge in [0.25, 0.3) is 0 Å². The maximum Gasteiger partial charge on any atom is 0.228 e. The fraction of sp³-hybridized carbons (Fsp3) is 0.350. The largest absolute Gasteiger partial charge is 0.329 e. The second kappa shape index (κ2) is 9.93. The summed E-state index contributed by atoms with van der Waals surface area (Å²) in [7, 11) is 0. The number of carbonyl (C=O) groups is 1. The third-order valence-electron chi connectivity index (χ3n) is 4.27. The minimum Gasteiger partial charge on any atom is -0.329 e. The van der Waals surface area contributed by atoms with Gasteiger partial charge in [0.05, 0.1) is 6.42 Å². The van der Waals surface area contributed by atoms with E-state index in [2.05, 4.69) is 24.1 Å². The number of hydrogen-bond acceptors (Lipinski definition) is 3. The van der Waals surface area contributed by atoms with E-state index >= 15 is 0 Å². The number of hydrogen-bond donors (Lipinski definition) is 2. The summed E-state index contributed by atoms with van der Waals surface area (Å²) in [5.41, 5.74) is 9.16. The molecule has 1 heterocycles. The molecule has 140 valence electrons. The number of rotatable bonds is 5. The number of nitrogens with two attached hydrogens (primary N) is 1. The van der Waals surface area contributed by atoms with E-state index in [1.54, 1.807) is 6.07 Å². The van der Waals surface area contributed by atoms with Crippen LogP contribution in [0.2, 0.25) is 10.0 Å². The van der Waals surface area contributed by atoms with Crippen molar-refractivity contribution in [2.24, 2.45) is 5.73 Å². The number of likely N-dealkylation sites (N-methyl/N-ethyl adjacent to an activating group) is 1. The highest BCUT2D eigenvalue weighted by Crippen LogP contribution is 2.32. The Bertz CT molecular complexity index is 740. The van der Waals surface area contributed by atoms with E-state index in [-0.39, 0.29) is 5.91 Å². The molecule has 3 N–H and O–H groups in total. The van der Waals surface area contributed by atoms with Gasteiger partial charge in [-0.3, -0.25) is 4.79 Å². The van der Waals surface area contributed by atoms with Gasteiger partial charge in [-0.1, -0.05) is 49.2 Å². The van der Waals surface area contributed by atoms with Crippen LogP contribution in [0, 0.1) is 0 Å². The van der Waals surface area contributed by atoms with E-state index in [4.69, 9.17) is 28.9 Å². The molecule has 0 atom stereocenters. The fourth-order valence-corrected chi connectivity index (χ4v) is 3.36. The molecule has 1 aliphatic heterocycles. The molecule has 1 amide bonds. The highest BCUT2D eigenvalue weighted by atomic mass is 35.5. The summed E-state index contributed by atoms with van der Waals surface area (Å²) in [6.45, 7) is 8.36. The molecule has 2 aromatic rings. The Morgan fingerprint density at radius 2 is 1.69 bits per heavy atom. The van der Waals surface area contributed by atoms with Gasteiger partial charge in [-0.2, -0.15) is 0 Å². The monoisotopic (exact) mass is 393 g/mol. The summed E-state index contributed by atoms with van der Waals surface area (Å²) in [6, 6.07) is 11.3. The van der Waals surface area contributed by atoms with Gasteiger partial charge in [0.2, 0.25) is 5.91 Å². The quantitative estimate of drug-likeness (QED) is 0.788. The lowest BCUT2D eigenvalue weighted by Gasteiger charge is -2.15. The normalized spacial score (nSPS) is 12.5. The number of amides is 1. The standard InChI is InChI=1S/C14H9Cl2NO.C6H16N2/c15-11-3-10(4-12(16)7-11)8-1-2-9-6-14(18)17-13(9)5-8;1-3-8(4-2)6-5-7/h1-5,7H,6H2,(H,17,18);3-7H2,1-2H3. The van der Waals surface area contributed by atoms with Gasteiger partial charge in [-0.05, 0) is 54.0 Å². The van der Waals surface area contributed by atoms with E-state index in [0.717, 1.165) is 48.6 Å². The molecular formula is C20H25Cl2N3O. The third-order valence-corrected chi connectivity index (χ3v) is 4.71. The molecular weight excluding hydrogens is 369 g/mol. The van der Waals surface area contributed by atoms with Crippen LogP contribution >= 0.6 is 23.2 Å². The zero-order chi connectivity index (χ0) is 19.1. The first-order chi connectivity index (χ1) is 12.5. The van der Waals surface area contributed by atoms with E-state index in [0.29, 0.717) is 16.5 Å². The van der Waals surface area contributed by atoms with E-state index in [1.807, 2.05) is 30.3 Å². The first-order valence-corrected chi connectivity index (χ1v) is 9.54. The molecule has 3 rings (SSSR count). The maximum absolute atomic E-state index is 11.3.